The van der Waals surface area contributed by atoms with Crippen LogP contribution in [0.3, 0.4) is 0 Å². The first-order valence-electron chi connectivity index (χ1n) is 6.28. The zero-order chi connectivity index (χ0) is 12.5. The molecule has 2 bridgehead atoms. The van der Waals surface area contributed by atoms with E-state index < -0.39 is 7.60 Å². The fourth-order valence-electron chi connectivity index (χ4n) is 3.40. The van der Waals surface area contributed by atoms with Gasteiger partial charge in [0.25, 0.3) is 0 Å². The third-order valence-electron chi connectivity index (χ3n) is 4.30. The molecule has 0 spiro atoms. The van der Waals surface area contributed by atoms with E-state index >= 15 is 0 Å². The molecule has 3 atom stereocenters. The molecule has 2 aliphatic carbocycles. The summed E-state index contributed by atoms with van der Waals surface area (Å²) in [5.74, 6) is 2.11. The van der Waals surface area contributed by atoms with Gasteiger partial charge < -0.3 is 9.05 Å². The van der Waals surface area contributed by atoms with Gasteiger partial charge in [-0.15, -0.1) is 0 Å². The van der Waals surface area contributed by atoms with Gasteiger partial charge >= 0.3 is 7.60 Å². The first-order chi connectivity index (χ1) is 8.06. The summed E-state index contributed by atoms with van der Waals surface area (Å²) in [6, 6.07) is 0. The van der Waals surface area contributed by atoms with E-state index in [1.807, 2.05) is 0 Å². The zero-order valence-electron chi connectivity index (χ0n) is 10.6. The zero-order valence-corrected chi connectivity index (χ0v) is 11.4. The van der Waals surface area contributed by atoms with Gasteiger partial charge in [-0.1, -0.05) is 6.42 Å². The summed E-state index contributed by atoms with van der Waals surface area (Å²) in [7, 11) is -0.504. The van der Waals surface area contributed by atoms with Gasteiger partial charge in [0, 0.05) is 20.6 Å². The van der Waals surface area contributed by atoms with Crippen molar-refractivity contribution in [2.75, 3.05) is 20.4 Å². The highest BCUT2D eigenvalue weighted by Crippen LogP contribution is 2.51. The Balaban J connectivity index is 1.84. The van der Waals surface area contributed by atoms with Crippen LogP contribution in [0.1, 0.15) is 32.1 Å². The molecule has 2 saturated carbocycles. The second-order valence-electron chi connectivity index (χ2n) is 5.31. The number of fused-ring (bicyclic) bond motifs is 2. The topological polar surface area (TPSA) is 52.6 Å². The smallest absolute Gasteiger partial charge is 0.312 e. The standard InChI is InChI=1S/C12H21O4P/c1-15-17(14,16-2)8-12(13)7-11-6-9-3-4-10(11)5-9/h9-11H,3-8H2,1-2H3. The molecule has 2 fully saturated rings. The molecule has 4 nitrogen and oxygen atoms in total. The lowest BCUT2D eigenvalue weighted by atomic mass is 9.85. The van der Waals surface area contributed by atoms with Gasteiger partial charge in [0.15, 0.2) is 0 Å². The lowest BCUT2D eigenvalue weighted by Gasteiger charge is -2.21. The van der Waals surface area contributed by atoms with E-state index in [-0.39, 0.29) is 11.9 Å². The van der Waals surface area contributed by atoms with Crippen molar-refractivity contribution < 1.29 is 18.4 Å². The Bertz CT molecular complexity index is 333. The van der Waals surface area contributed by atoms with Gasteiger partial charge in [-0.3, -0.25) is 9.36 Å². The number of rotatable bonds is 6. The molecule has 17 heavy (non-hydrogen) atoms. The normalized spacial score (nSPS) is 32.0. The average Bonchev–Trinajstić information content (AvgIpc) is 2.90. The molecule has 0 aliphatic heterocycles. The first kappa shape index (κ1) is 13.3. The van der Waals surface area contributed by atoms with Gasteiger partial charge in [0.2, 0.25) is 0 Å². The highest BCUT2D eigenvalue weighted by atomic mass is 31.2. The summed E-state index contributed by atoms with van der Waals surface area (Å²) in [6.07, 6.45) is 5.56. The quantitative estimate of drug-likeness (QED) is 0.689. The molecule has 0 radical (unpaired) electrons. The minimum Gasteiger partial charge on any atom is -0.312 e. The molecular weight excluding hydrogens is 239 g/mol. The maximum Gasteiger partial charge on any atom is 0.337 e. The Morgan fingerprint density at radius 3 is 2.41 bits per heavy atom. The molecule has 5 heteroatoms. The predicted molar refractivity (Wildman–Crippen MR) is 65.1 cm³/mol. The van der Waals surface area contributed by atoms with Crippen LogP contribution in [-0.4, -0.2) is 26.2 Å². The summed E-state index contributed by atoms with van der Waals surface area (Å²) in [5, 5.41) is 0. The summed E-state index contributed by atoms with van der Waals surface area (Å²) in [5.41, 5.74) is 0. The van der Waals surface area contributed by atoms with Crippen molar-refractivity contribution in [2.45, 2.75) is 32.1 Å². The van der Waals surface area contributed by atoms with Crippen LogP contribution < -0.4 is 0 Å². The molecule has 0 heterocycles. The van der Waals surface area contributed by atoms with Crippen LogP contribution in [0.15, 0.2) is 0 Å². The molecule has 2 aliphatic rings. The molecule has 0 aromatic heterocycles. The summed E-state index contributed by atoms with van der Waals surface area (Å²) in [4.78, 5) is 11.9. The number of hydrogen-bond acceptors (Lipinski definition) is 4. The van der Waals surface area contributed by atoms with Gasteiger partial charge in [-0.05, 0) is 37.0 Å². The van der Waals surface area contributed by atoms with Crippen molar-refractivity contribution in [3.63, 3.8) is 0 Å². The highest BCUT2D eigenvalue weighted by molar-refractivity contribution is 7.54. The van der Waals surface area contributed by atoms with Crippen molar-refractivity contribution in [2.24, 2.45) is 17.8 Å². The van der Waals surface area contributed by atoms with E-state index in [9.17, 15) is 9.36 Å². The third-order valence-corrected chi connectivity index (χ3v) is 6.15. The fourth-order valence-corrected chi connectivity index (χ4v) is 4.37. The Hall–Kier alpha value is -0.180. The van der Waals surface area contributed by atoms with Crippen LogP contribution in [0.5, 0.6) is 0 Å². The van der Waals surface area contributed by atoms with Crippen LogP contribution in [0, 0.1) is 17.8 Å². The van der Waals surface area contributed by atoms with Gasteiger partial charge in [-0.25, -0.2) is 0 Å². The fraction of sp³-hybridized carbons (Fsp3) is 0.917. The molecule has 2 rings (SSSR count). The summed E-state index contributed by atoms with van der Waals surface area (Å²) < 4.78 is 21.4. The monoisotopic (exact) mass is 260 g/mol. The van der Waals surface area contributed by atoms with Crippen molar-refractivity contribution >= 4 is 13.4 Å². The van der Waals surface area contributed by atoms with E-state index in [2.05, 4.69) is 0 Å². The van der Waals surface area contributed by atoms with Crippen molar-refractivity contribution in [1.82, 2.24) is 0 Å². The van der Waals surface area contributed by atoms with Crippen LogP contribution in [0.4, 0.5) is 0 Å². The van der Waals surface area contributed by atoms with Gasteiger partial charge in [0.05, 0.1) is 0 Å². The molecule has 3 unspecified atom stereocenters. The molecule has 0 aromatic rings. The number of carbonyl (C=O) groups is 1. The Morgan fingerprint density at radius 1 is 1.24 bits per heavy atom. The number of ketones is 1. The number of hydrogen-bond donors (Lipinski definition) is 0. The summed E-state index contributed by atoms with van der Waals surface area (Å²) >= 11 is 0. The minimum atomic E-state index is -3.16. The van der Waals surface area contributed by atoms with Crippen LogP contribution >= 0.6 is 7.60 Å². The van der Waals surface area contributed by atoms with Gasteiger partial charge in [0.1, 0.15) is 11.9 Å². The average molecular weight is 260 g/mol. The van der Waals surface area contributed by atoms with Crippen LogP contribution in [-0.2, 0) is 18.4 Å². The number of carbonyl (C=O) groups excluding carboxylic acids is 1. The van der Waals surface area contributed by atoms with Crippen molar-refractivity contribution in [3.8, 4) is 0 Å². The van der Waals surface area contributed by atoms with Crippen molar-refractivity contribution in [3.05, 3.63) is 0 Å². The second kappa shape index (κ2) is 5.21. The van der Waals surface area contributed by atoms with E-state index in [4.69, 9.17) is 9.05 Å². The maximum atomic E-state index is 11.9. The van der Waals surface area contributed by atoms with Crippen LogP contribution in [0.2, 0.25) is 0 Å². The maximum absolute atomic E-state index is 11.9. The van der Waals surface area contributed by atoms with Crippen LogP contribution in [0.25, 0.3) is 0 Å². The second-order valence-corrected chi connectivity index (χ2v) is 7.58. The van der Waals surface area contributed by atoms with Crippen molar-refractivity contribution in [1.29, 1.82) is 0 Å². The van der Waals surface area contributed by atoms with Gasteiger partial charge in [-0.2, -0.15) is 0 Å². The largest absolute Gasteiger partial charge is 0.337 e. The molecule has 0 N–H and O–H groups in total. The first-order valence-corrected chi connectivity index (χ1v) is 8.01. The van der Waals surface area contributed by atoms with E-state index in [0.717, 1.165) is 11.8 Å². The third kappa shape index (κ3) is 2.98. The molecule has 0 aromatic carbocycles. The highest BCUT2D eigenvalue weighted by Gasteiger charge is 2.40. The predicted octanol–water partition coefficient (Wildman–Crippen LogP) is 2.87. The molecule has 98 valence electrons. The van der Waals surface area contributed by atoms with E-state index in [0.29, 0.717) is 12.3 Å². The van der Waals surface area contributed by atoms with E-state index in [1.54, 1.807) is 0 Å². The minimum absolute atomic E-state index is 0.0228. The Morgan fingerprint density at radius 2 is 1.94 bits per heavy atom. The van der Waals surface area contributed by atoms with E-state index in [1.165, 1.54) is 39.9 Å². The molecular formula is C12H21O4P. The Kier molecular flexibility index (Phi) is 4.06. The molecule has 0 amide bonds. The number of Topliss-reactive ketones (excluding diaryl/α,β-unsaturated/α-hetero) is 1. The molecule has 0 saturated heterocycles. The Labute approximate surface area is 103 Å². The lowest BCUT2D eigenvalue weighted by Crippen LogP contribution is -2.17. The summed E-state index contributed by atoms with van der Waals surface area (Å²) in [6.45, 7) is 0. The SMILES string of the molecule is COP(=O)(CC(=O)CC1CC2CCC1C2)OC. The lowest BCUT2D eigenvalue weighted by molar-refractivity contribution is -0.118.